The SMILES string of the molecule is CCC(c1ccccc1)N1CC(CN)CCC1C. The van der Waals surface area contributed by atoms with Crippen molar-refractivity contribution in [2.75, 3.05) is 13.1 Å². The molecule has 1 aliphatic heterocycles. The molecule has 2 heteroatoms. The first-order chi connectivity index (χ1) is 8.76. The van der Waals surface area contributed by atoms with Gasteiger partial charge >= 0.3 is 0 Å². The average Bonchev–Trinajstić information content (AvgIpc) is 2.43. The molecule has 1 fully saturated rings. The zero-order valence-electron chi connectivity index (χ0n) is 11.7. The lowest BCUT2D eigenvalue weighted by Gasteiger charge is -2.42. The molecule has 0 bridgehead atoms. The zero-order chi connectivity index (χ0) is 13.0. The predicted molar refractivity (Wildman–Crippen MR) is 77.4 cm³/mol. The van der Waals surface area contributed by atoms with Crippen LogP contribution in [0.25, 0.3) is 0 Å². The summed E-state index contributed by atoms with van der Waals surface area (Å²) in [5.41, 5.74) is 7.31. The van der Waals surface area contributed by atoms with Gasteiger partial charge in [-0.1, -0.05) is 37.3 Å². The minimum absolute atomic E-state index is 0.551. The molecule has 3 unspecified atom stereocenters. The molecule has 100 valence electrons. The van der Waals surface area contributed by atoms with Crippen molar-refractivity contribution in [3.05, 3.63) is 35.9 Å². The van der Waals surface area contributed by atoms with Crippen LogP contribution in [0.2, 0.25) is 0 Å². The van der Waals surface area contributed by atoms with Gasteiger partial charge in [-0.2, -0.15) is 0 Å². The Balaban J connectivity index is 2.15. The van der Waals surface area contributed by atoms with Crippen molar-refractivity contribution >= 4 is 0 Å². The Kier molecular flexibility index (Phi) is 4.79. The molecular formula is C16H26N2. The van der Waals surface area contributed by atoms with Gasteiger partial charge in [0.05, 0.1) is 0 Å². The molecule has 1 aromatic carbocycles. The summed E-state index contributed by atoms with van der Waals surface area (Å²) in [5, 5.41) is 0. The molecule has 2 N–H and O–H groups in total. The quantitative estimate of drug-likeness (QED) is 0.884. The third kappa shape index (κ3) is 2.93. The molecule has 0 radical (unpaired) electrons. The van der Waals surface area contributed by atoms with Crippen molar-refractivity contribution < 1.29 is 0 Å². The van der Waals surface area contributed by atoms with Crippen LogP contribution < -0.4 is 5.73 Å². The van der Waals surface area contributed by atoms with E-state index in [0.717, 1.165) is 13.1 Å². The second-order valence-corrected chi connectivity index (χ2v) is 5.56. The first kappa shape index (κ1) is 13.6. The minimum Gasteiger partial charge on any atom is -0.330 e. The summed E-state index contributed by atoms with van der Waals surface area (Å²) in [6.07, 6.45) is 3.75. The van der Waals surface area contributed by atoms with Gasteiger partial charge < -0.3 is 5.73 Å². The number of benzene rings is 1. The average molecular weight is 246 g/mol. The topological polar surface area (TPSA) is 29.3 Å². The molecule has 0 spiro atoms. The van der Waals surface area contributed by atoms with Gasteiger partial charge in [0.1, 0.15) is 0 Å². The fourth-order valence-electron chi connectivity index (χ4n) is 3.18. The Morgan fingerprint density at radius 1 is 1.28 bits per heavy atom. The molecule has 3 atom stereocenters. The van der Waals surface area contributed by atoms with Crippen LogP contribution in [0, 0.1) is 5.92 Å². The van der Waals surface area contributed by atoms with Crippen LogP contribution in [0.5, 0.6) is 0 Å². The number of hydrogen-bond acceptors (Lipinski definition) is 2. The molecule has 0 aromatic heterocycles. The molecule has 1 saturated heterocycles. The maximum Gasteiger partial charge on any atom is 0.0348 e. The molecule has 1 aromatic rings. The number of likely N-dealkylation sites (tertiary alicyclic amines) is 1. The van der Waals surface area contributed by atoms with Crippen molar-refractivity contribution in [1.82, 2.24) is 4.90 Å². The van der Waals surface area contributed by atoms with Crippen molar-refractivity contribution in [3.8, 4) is 0 Å². The molecule has 1 aliphatic rings. The highest BCUT2D eigenvalue weighted by Crippen LogP contribution is 2.32. The molecule has 0 amide bonds. The van der Waals surface area contributed by atoms with Crippen LogP contribution in [0.15, 0.2) is 30.3 Å². The highest BCUT2D eigenvalue weighted by atomic mass is 15.2. The van der Waals surface area contributed by atoms with E-state index in [4.69, 9.17) is 5.73 Å². The van der Waals surface area contributed by atoms with Gasteiger partial charge in [-0.3, -0.25) is 4.90 Å². The zero-order valence-corrected chi connectivity index (χ0v) is 11.7. The Morgan fingerprint density at radius 2 is 2.00 bits per heavy atom. The van der Waals surface area contributed by atoms with E-state index in [9.17, 15) is 0 Å². The van der Waals surface area contributed by atoms with E-state index in [2.05, 4.69) is 49.1 Å². The number of nitrogens with two attached hydrogens (primary N) is 1. The Morgan fingerprint density at radius 3 is 2.61 bits per heavy atom. The predicted octanol–water partition coefficient (Wildman–Crippen LogP) is 3.20. The minimum atomic E-state index is 0.551. The van der Waals surface area contributed by atoms with E-state index >= 15 is 0 Å². The Hall–Kier alpha value is -0.860. The largest absolute Gasteiger partial charge is 0.330 e. The highest BCUT2D eigenvalue weighted by molar-refractivity contribution is 5.19. The Labute approximate surface area is 111 Å². The van der Waals surface area contributed by atoms with E-state index in [1.807, 2.05) is 0 Å². The third-order valence-corrected chi connectivity index (χ3v) is 4.33. The lowest BCUT2D eigenvalue weighted by molar-refractivity contribution is 0.0712. The number of piperidine rings is 1. The summed E-state index contributed by atoms with van der Waals surface area (Å²) in [6.45, 7) is 6.63. The standard InChI is InChI=1S/C16H26N2/c1-3-16(15-7-5-4-6-8-15)18-12-14(11-17)10-9-13(18)2/h4-8,13-14,16H,3,9-12,17H2,1-2H3. The van der Waals surface area contributed by atoms with Gasteiger partial charge in [-0.05, 0) is 44.2 Å². The van der Waals surface area contributed by atoms with Gasteiger partial charge in [0.2, 0.25) is 0 Å². The number of rotatable bonds is 4. The van der Waals surface area contributed by atoms with Gasteiger partial charge in [-0.15, -0.1) is 0 Å². The fraction of sp³-hybridized carbons (Fsp3) is 0.625. The fourth-order valence-corrected chi connectivity index (χ4v) is 3.18. The molecule has 1 heterocycles. The van der Waals surface area contributed by atoms with Gasteiger partial charge in [-0.25, -0.2) is 0 Å². The van der Waals surface area contributed by atoms with E-state index in [1.165, 1.54) is 24.8 Å². The first-order valence-corrected chi connectivity index (χ1v) is 7.27. The van der Waals surface area contributed by atoms with E-state index in [-0.39, 0.29) is 0 Å². The normalized spacial score (nSPS) is 27.1. The second kappa shape index (κ2) is 6.35. The highest BCUT2D eigenvalue weighted by Gasteiger charge is 2.29. The van der Waals surface area contributed by atoms with Crippen molar-refractivity contribution in [3.63, 3.8) is 0 Å². The molecule has 2 rings (SSSR count). The molecule has 0 saturated carbocycles. The van der Waals surface area contributed by atoms with Gasteiger partial charge in [0.25, 0.3) is 0 Å². The van der Waals surface area contributed by atoms with Gasteiger partial charge in [0, 0.05) is 18.6 Å². The first-order valence-electron chi connectivity index (χ1n) is 7.27. The molecular weight excluding hydrogens is 220 g/mol. The molecule has 2 nitrogen and oxygen atoms in total. The van der Waals surface area contributed by atoms with Crippen molar-refractivity contribution in [1.29, 1.82) is 0 Å². The van der Waals surface area contributed by atoms with Crippen LogP contribution in [-0.4, -0.2) is 24.0 Å². The van der Waals surface area contributed by atoms with Crippen molar-refractivity contribution in [2.45, 2.75) is 45.2 Å². The number of hydrogen-bond donors (Lipinski definition) is 1. The summed E-state index contributed by atoms with van der Waals surface area (Å²) < 4.78 is 0. The van der Waals surface area contributed by atoms with Crippen molar-refractivity contribution in [2.24, 2.45) is 11.7 Å². The van der Waals surface area contributed by atoms with Crippen LogP contribution in [-0.2, 0) is 0 Å². The van der Waals surface area contributed by atoms with E-state index < -0.39 is 0 Å². The van der Waals surface area contributed by atoms with E-state index in [0.29, 0.717) is 18.0 Å². The summed E-state index contributed by atoms with van der Waals surface area (Å²) in [5.74, 6) is 0.680. The Bertz CT molecular complexity index is 349. The lowest BCUT2D eigenvalue weighted by Crippen LogP contribution is -2.45. The second-order valence-electron chi connectivity index (χ2n) is 5.56. The summed E-state index contributed by atoms with van der Waals surface area (Å²) in [6, 6.07) is 12.1. The number of nitrogens with zero attached hydrogens (tertiary/aromatic N) is 1. The lowest BCUT2D eigenvalue weighted by atomic mass is 9.90. The van der Waals surface area contributed by atoms with Crippen LogP contribution in [0.4, 0.5) is 0 Å². The monoisotopic (exact) mass is 246 g/mol. The van der Waals surface area contributed by atoms with E-state index in [1.54, 1.807) is 0 Å². The van der Waals surface area contributed by atoms with Crippen LogP contribution >= 0.6 is 0 Å². The summed E-state index contributed by atoms with van der Waals surface area (Å²) >= 11 is 0. The molecule has 0 aliphatic carbocycles. The van der Waals surface area contributed by atoms with Crippen LogP contribution in [0.1, 0.15) is 44.7 Å². The maximum absolute atomic E-state index is 5.86. The molecule has 18 heavy (non-hydrogen) atoms. The summed E-state index contributed by atoms with van der Waals surface area (Å²) in [4.78, 5) is 2.66. The smallest absolute Gasteiger partial charge is 0.0348 e. The van der Waals surface area contributed by atoms with Gasteiger partial charge in [0.15, 0.2) is 0 Å². The third-order valence-electron chi connectivity index (χ3n) is 4.33. The maximum atomic E-state index is 5.86. The summed E-state index contributed by atoms with van der Waals surface area (Å²) in [7, 11) is 0. The van der Waals surface area contributed by atoms with Crippen LogP contribution in [0.3, 0.4) is 0 Å².